The third kappa shape index (κ3) is 4.78. The quantitative estimate of drug-likeness (QED) is 0.773. The van der Waals surface area contributed by atoms with E-state index in [1.807, 2.05) is 19.0 Å². The minimum absolute atomic E-state index is 0.0647. The van der Waals surface area contributed by atoms with Gasteiger partial charge in [0.25, 0.3) is 0 Å². The zero-order chi connectivity index (χ0) is 16.4. The van der Waals surface area contributed by atoms with Crippen LogP contribution >= 0.6 is 0 Å². The van der Waals surface area contributed by atoms with Gasteiger partial charge in [0.1, 0.15) is 5.82 Å². The summed E-state index contributed by atoms with van der Waals surface area (Å²) in [5, 5.41) is 20.1. The number of hydrogen-bond donors (Lipinski definition) is 2. The van der Waals surface area contributed by atoms with Crippen molar-refractivity contribution >= 4 is 12.6 Å². The Bertz CT molecular complexity index is 486. The highest BCUT2D eigenvalue weighted by molar-refractivity contribution is 6.60. The first-order chi connectivity index (χ1) is 9.44. The van der Waals surface area contributed by atoms with Crippen molar-refractivity contribution < 1.29 is 19.2 Å². The Labute approximate surface area is 126 Å². The predicted molar refractivity (Wildman–Crippen MR) is 82.9 cm³/mol. The fourth-order valence-corrected chi connectivity index (χ4v) is 1.72. The summed E-state index contributed by atoms with van der Waals surface area (Å²) in [5.74, 6) is -0.520. The van der Waals surface area contributed by atoms with E-state index in [9.17, 15) is 14.5 Å². The highest BCUT2D eigenvalue weighted by atomic mass is 19.1. The van der Waals surface area contributed by atoms with Gasteiger partial charge in [0.05, 0.1) is 11.2 Å². The molecule has 0 aromatic heterocycles. The van der Waals surface area contributed by atoms with Crippen molar-refractivity contribution in [3.05, 3.63) is 29.6 Å². The molecule has 2 N–H and O–H groups in total. The summed E-state index contributed by atoms with van der Waals surface area (Å²) in [4.78, 5) is 1.93. The summed E-state index contributed by atoms with van der Waals surface area (Å²) in [6.07, 6.45) is 0. The van der Waals surface area contributed by atoms with Gasteiger partial charge in [-0.2, -0.15) is 0 Å². The van der Waals surface area contributed by atoms with E-state index in [4.69, 9.17) is 4.65 Å². The lowest BCUT2D eigenvalue weighted by Gasteiger charge is -2.38. The molecule has 6 heteroatoms. The molecule has 0 aliphatic carbocycles. The monoisotopic (exact) mass is 297 g/mol. The highest BCUT2D eigenvalue weighted by Crippen LogP contribution is 2.25. The number of benzene rings is 1. The van der Waals surface area contributed by atoms with E-state index >= 15 is 0 Å². The molecule has 0 unspecified atom stereocenters. The molecule has 0 saturated heterocycles. The molecule has 4 nitrogen and oxygen atoms in total. The van der Waals surface area contributed by atoms with Crippen LogP contribution in [0.2, 0.25) is 0 Å². The second-order valence-corrected chi connectivity index (χ2v) is 6.63. The minimum Gasteiger partial charge on any atom is -0.423 e. The molecule has 0 aliphatic heterocycles. The smallest absolute Gasteiger partial charge is 0.423 e. The molecule has 0 amide bonds. The SMILES string of the molecule is CN(C)Cc1ccc(B(O)OC(C)(C)C(C)(C)O)c(F)c1. The molecule has 1 aromatic carbocycles. The lowest BCUT2D eigenvalue weighted by Crippen LogP contribution is -2.53. The maximum Gasteiger partial charge on any atom is 0.494 e. The molecule has 1 aromatic rings. The Hall–Kier alpha value is -0.945. The van der Waals surface area contributed by atoms with Crippen molar-refractivity contribution in [3.8, 4) is 0 Å². The van der Waals surface area contributed by atoms with Gasteiger partial charge in [-0.05, 0) is 53.4 Å². The van der Waals surface area contributed by atoms with Crippen LogP contribution in [0.25, 0.3) is 0 Å². The van der Waals surface area contributed by atoms with Gasteiger partial charge < -0.3 is 19.7 Å². The first kappa shape index (κ1) is 18.1. The van der Waals surface area contributed by atoms with Crippen molar-refractivity contribution in [2.45, 2.75) is 45.4 Å². The fraction of sp³-hybridized carbons (Fsp3) is 0.600. The summed E-state index contributed by atoms with van der Waals surface area (Å²) in [6, 6.07) is 4.65. The maximum absolute atomic E-state index is 14.1. The van der Waals surface area contributed by atoms with Crippen LogP contribution in [-0.4, -0.2) is 47.4 Å². The molecule has 0 atom stereocenters. The molecular formula is C15H25BFNO3. The lowest BCUT2D eigenvalue weighted by atomic mass is 9.76. The molecule has 0 fully saturated rings. The van der Waals surface area contributed by atoms with Gasteiger partial charge in [-0.3, -0.25) is 0 Å². The number of hydrogen-bond acceptors (Lipinski definition) is 4. The third-order valence-electron chi connectivity index (χ3n) is 3.71. The van der Waals surface area contributed by atoms with E-state index < -0.39 is 24.1 Å². The average Bonchev–Trinajstić information content (AvgIpc) is 2.25. The Morgan fingerprint density at radius 1 is 1.24 bits per heavy atom. The summed E-state index contributed by atoms with van der Waals surface area (Å²) in [6.45, 7) is 7.07. The van der Waals surface area contributed by atoms with Gasteiger partial charge in [-0.15, -0.1) is 0 Å². The van der Waals surface area contributed by atoms with Gasteiger partial charge in [0, 0.05) is 12.0 Å². The van der Waals surface area contributed by atoms with Crippen molar-refractivity contribution in [2.75, 3.05) is 14.1 Å². The zero-order valence-corrected chi connectivity index (χ0v) is 13.6. The summed E-state index contributed by atoms with van der Waals surface area (Å²) >= 11 is 0. The van der Waals surface area contributed by atoms with Gasteiger partial charge in [-0.25, -0.2) is 4.39 Å². The second kappa shape index (κ2) is 6.44. The van der Waals surface area contributed by atoms with Crippen LogP contribution in [0, 0.1) is 5.82 Å². The molecule has 0 saturated carbocycles. The topological polar surface area (TPSA) is 52.9 Å². The van der Waals surface area contributed by atoms with E-state index in [-0.39, 0.29) is 5.46 Å². The molecule has 0 aliphatic rings. The maximum atomic E-state index is 14.1. The molecule has 21 heavy (non-hydrogen) atoms. The molecule has 0 heterocycles. The van der Waals surface area contributed by atoms with E-state index in [1.165, 1.54) is 12.1 Å². The highest BCUT2D eigenvalue weighted by Gasteiger charge is 2.40. The molecule has 0 bridgehead atoms. The summed E-state index contributed by atoms with van der Waals surface area (Å²) in [5.41, 5.74) is -1.32. The normalized spacial score (nSPS) is 12.9. The molecular weight excluding hydrogens is 272 g/mol. The first-order valence-corrected chi connectivity index (χ1v) is 6.95. The van der Waals surface area contributed by atoms with E-state index in [0.717, 1.165) is 5.56 Å². The Morgan fingerprint density at radius 2 is 1.81 bits per heavy atom. The zero-order valence-electron chi connectivity index (χ0n) is 13.6. The predicted octanol–water partition coefficient (Wildman–Crippen LogP) is 1.14. The van der Waals surface area contributed by atoms with Gasteiger partial charge in [-0.1, -0.05) is 12.1 Å². The molecule has 0 spiro atoms. The number of nitrogens with zero attached hydrogens (tertiary/aromatic N) is 1. The molecule has 0 radical (unpaired) electrons. The Balaban J connectivity index is 2.91. The average molecular weight is 297 g/mol. The fourth-order valence-electron chi connectivity index (χ4n) is 1.72. The lowest BCUT2D eigenvalue weighted by molar-refractivity contribution is -0.0983. The van der Waals surface area contributed by atoms with Gasteiger partial charge in [0.2, 0.25) is 0 Å². The first-order valence-electron chi connectivity index (χ1n) is 6.95. The third-order valence-corrected chi connectivity index (χ3v) is 3.71. The van der Waals surface area contributed by atoms with Crippen LogP contribution in [0.4, 0.5) is 4.39 Å². The van der Waals surface area contributed by atoms with Gasteiger partial charge >= 0.3 is 7.12 Å². The van der Waals surface area contributed by atoms with Crippen LogP contribution in [0.15, 0.2) is 18.2 Å². The Kier molecular flexibility index (Phi) is 5.55. The molecule has 118 valence electrons. The van der Waals surface area contributed by atoms with E-state index in [1.54, 1.807) is 33.8 Å². The van der Waals surface area contributed by atoms with Crippen LogP contribution in [0.3, 0.4) is 0 Å². The standard InChI is InChI=1S/C15H25BFNO3/c1-14(2,19)15(3,4)21-16(20)12-8-7-11(9-13(12)17)10-18(5)6/h7-9,19-20H,10H2,1-6H3. The molecule has 1 rings (SSSR count). The van der Waals surface area contributed by atoms with Crippen LogP contribution < -0.4 is 5.46 Å². The largest absolute Gasteiger partial charge is 0.494 e. The van der Waals surface area contributed by atoms with Crippen LogP contribution in [0.1, 0.15) is 33.3 Å². The minimum atomic E-state index is -1.43. The Morgan fingerprint density at radius 3 is 2.24 bits per heavy atom. The number of rotatable bonds is 6. The van der Waals surface area contributed by atoms with E-state index in [0.29, 0.717) is 6.54 Å². The van der Waals surface area contributed by atoms with Gasteiger partial charge in [0.15, 0.2) is 0 Å². The summed E-state index contributed by atoms with van der Waals surface area (Å²) in [7, 11) is 2.37. The second-order valence-electron chi connectivity index (χ2n) is 6.63. The van der Waals surface area contributed by atoms with Crippen molar-refractivity contribution in [3.63, 3.8) is 0 Å². The summed E-state index contributed by atoms with van der Waals surface area (Å²) < 4.78 is 19.5. The van der Waals surface area contributed by atoms with Crippen molar-refractivity contribution in [2.24, 2.45) is 0 Å². The van der Waals surface area contributed by atoms with E-state index in [2.05, 4.69) is 0 Å². The van der Waals surface area contributed by atoms with Crippen molar-refractivity contribution in [1.29, 1.82) is 0 Å². The number of aliphatic hydroxyl groups is 1. The van der Waals surface area contributed by atoms with Crippen molar-refractivity contribution in [1.82, 2.24) is 4.90 Å². The van der Waals surface area contributed by atoms with Crippen LogP contribution in [-0.2, 0) is 11.2 Å². The number of halogens is 1. The van der Waals surface area contributed by atoms with Crippen LogP contribution in [0.5, 0.6) is 0 Å².